The van der Waals surface area contributed by atoms with E-state index < -0.39 is 0 Å². The quantitative estimate of drug-likeness (QED) is 0.896. The van der Waals surface area contributed by atoms with Crippen molar-refractivity contribution in [1.82, 2.24) is 5.32 Å². The molecular formula is C15H17NO2. The van der Waals surface area contributed by atoms with Crippen LogP contribution in [-0.4, -0.2) is 13.2 Å². The van der Waals surface area contributed by atoms with Crippen LogP contribution in [0.2, 0.25) is 0 Å². The van der Waals surface area contributed by atoms with Crippen molar-refractivity contribution < 1.29 is 9.15 Å². The van der Waals surface area contributed by atoms with Crippen LogP contribution in [0.5, 0.6) is 0 Å². The van der Waals surface area contributed by atoms with Crippen LogP contribution in [0.3, 0.4) is 0 Å². The molecule has 0 spiro atoms. The van der Waals surface area contributed by atoms with Gasteiger partial charge < -0.3 is 14.5 Å². The van der Waals surface area contributed by atoms with Gasteiger partial charge in [-0.05, 0) is 29.7 Å². The molecule has 18 heavy (non-hydrogen) atoms. The molecule has 3 nitrogen and oxygen atoms in total. The first-order chi connectivity index (χ1) is 8.93. The topological polar surface area (TPSA) is 34.4 Å². The van der Waals surface area contributed by atoms with Crippen molar-refractivity contribution in [1.29, 1.82) is 0 Å². The molecule has 1 aliphatic rings. The summed E-state index contributed by atoms with van der Waals surface area (Å²) in [6.07, 6.45) is 2.87. The molecule has 0 saturated carbocycles. The van der Waals surface area contributed by atoms with Gasteiger partial charge in [0.1, 0.15) is 5.76 Å². The number of hydrogen-bond donors (Lipinski definition) is 1. The van der Waals surface area contributed by atoms with Crippen molar-refractivity contribution >= 4 is 0 Å². The summed E-state index contributed by atoms with van der Waals surface area (Å²) in [5, 5.41) is 3.38. The van der Waals surface area contributed by atoms with E-state index in [2.05, 4.69) is 29.6 Å². The maximum Gasteiger partial charge on any atom is 0.117 e. The Morgan fingerprint density at radius 3 is 3.00 bits per heavy atom. The summed E-state index contributed by atoms with van der Waals surface area (Å²) >= 11 is 0. The molecule has 3 rings (SSSR count). The molecule has 0 saturated heterocycles. The molecule has 2 heterocycles. The van der Waals surface area contributed by atoms with Crippen molar-refractivity contribution in [2.45, 2.75) is 19.1 Å². The lowest BCUT2D eigenvalue weighted by molar-refractivity contribution is 0.0421. The summed E-state index contributed by atoms with van der Waals surface area (Å²) in [6.45, 7) is 2.37. The zero-order chi connectivity index (χ0) is 12.2. The first-order valence-corrected chi connectivity index (χ1v) is 6.36. The summed E-state index contributed by atoms with van der Waals surface area (Å²) < 4.78 is 11.1. The van der Waals surface area contributed by atoms with Crippen LogP contribution in [0.4, 0.5) is 0 Å². The Bertz CT molecular complexity index is 493. The monoisotopic (exact) mass is 243 g/mol. The van der Waals surface area contributed by atoms with E-state index in [1.165, 1.54) is 11.1 Å². The lowest BCUT2D eigenvalue weighted by Crippen LogP contribution is -2.27. The van der Waals surface area contributed by atoms with Gasteiger partial charge >= 0.3 is 0 Å². The molecule has 0 bridgehead atoms. The average molecular weight is 243 g/mol. The Labute approximate surface area is 107 Å². The third kappa shape index (κ3) is 2.47. The fourth-order valence-electron chi connectivity index (χ4n) is 2.39. The fourth-order valence-corrected chi connectivity index (χ4v) is 2.39. The second-order valence-corrected chi connectivity index (χ2v) is 4.52. The molecule has 1 atom stereocenters. The number of nitrogens with one attached hydrogen (secondary N) is 1. The highest BCUT2D eigenvalue weighted by Crippen LogP contribution is 2.26. The van der Waals surface area contributed by atoms with Crippen LogP contribution < -0.4 is 5.32 Å². The van der Waals surface area contributed by atoms with Crippen molar-refractivity contribution in [2.24, 2.45) is 0 Å². The Morgan fingerprint density at radius 1 is 1.17 bits per heavy atom. The van der Waals surface area contributed by atoms with Crippen LogP contribution >= 0.6 is 0 Å². The van der Waals surface area contributed by atoms with Crippen molar-refractivity contribution in [3.8, 4) is 0 Å². The van der Waals surface area contributed by atoms with Crippen LogP contribution in [0.15, 0.2) is 47.1 Å². The van der Waals surface area contributed by atoms with Gasteiger partial charge in [0, 0.05) is 6.54 Å². The molecule has 2 aromatic rings. The molecule has 1 N–H and O–H groups in total. The van der Waals surface area contributed by atoms with Gasteiger partial charge in [0.05, 0.1) is 25.5 Å². The van der Waals surface area contributed by atoms with E-state index in [0.29, 0.717) is 0 Å². The van der Waals surface area contributed by atoms with Crippen LogP contribution in [-0.2, 0) is 17.7 Å². The molecule has 0 fully saturated rings. The zero-order valence-corrected chi connectivity index (χ0v) is 10.3. The Morgan fingerprint density at radius 2 is 2.11 bits per heavy atom. The number of benzene rings is 1. The first kappa shape index (κ1) is 11.5. The van der Waals surface area contributed by atoms with Crippen molar-refractivity contribution in [2.75, 3.05) is 13.2 Å². The van der Waals surface area contributed by atoms with Gasteiger partial charge in [-0.2, -0.15) is 0 Å². The summed E-state index contributed by atoms with van der Waals surface area (Å²) in [5.41, 5.74) is 2.73. The largest absolute Gasteiger partial charge is 0.468 e. The molecule has 0 unspecified atom stereocenters. The third-order valence-corrected chi connectivity index (χ3v) is 3.30. The van der Waals surface area contributed by atoms with Gasteiger partial charge in [-0.25, -0.2) is 0 Å². The van der Waals surface area contributed by atoms with Crippen molar-refractivity contribution in [3.05, 3.63) is 59.5 Å². The molecule has 0 aliphatic carbocycles. The van der Waals surface area contributed by atoms with Gasteiger partial charge in [0.2, 0.25) is 0 Å². The maximum atomic E-state index is 5.83. The van der Waals surface area contributed by atoms with E-state index in [9.17, 15) is 0 Å². The van der Waals surface area contributed by atoms with E-state index >= 15 is 0 Å². The molecule has 0 amide bonds. The summed E-state index contributed by atoms with van der Waals surface area (Å²) in [6, 6.07) is 12.4. The van der Waals surface area contributed by atoms with Gasteiger partial charge in [0.25, 0.3) is 0 Å². The minimum Gasteiger partial charge on any atom is -0.468 e. The van der Waals surface area contributed by atoms with E-state index in [4.69, 9.17) is 9.15 Å². The predicted octanol–water partition coefficient (Wildman–Crippen LogP) is 2.68. The molecule has 0 radical (unpaired) electrons. The molecule has 94 valence electrons. The second-order valence-electron chi connectivity index (χ2n) is 4.52. The van der Waals surface area contributed by atoms with E-state index in [1.807, 2.05) is 12.1 Å². The van der Waals surface area contributed by atoms with Crippen LogP contribution in [0.25, 0.3) is 0 Å². The average Bonchev–Trinajstić information content (AvgIpc) is 2.92. The zero-order valence-electron chi connectivity index (χ0n) is 10.3. The van der Waals surface area contributed by atoms with Crippen LogP contribution in [0.1, 0.15) is 23.0 Å². The lowest BCUT2D eigenvalue weighted by atomic mass is 9.97. The number of rotatable bonds is 4. The molecule has 3 heteroatoms. The first-order valence-electron chi connectivity index (χ1n) is 6.36. The Balaban J connectivity index is 1.60. The summed E-state index contributed by atoms with van der Waals surface area (Å²) in [7, 11) is 0. The lowest BCUT2D eigenvalue weighted by Gasteiger charge is -2.26. The molecular weight excluding hydrogens is 226 g/mol. The van der Waals surface area contributed by atoms with E-state index in [0.717, 1.165) is 31.9 Å². The SMILES string of the molecule is c1coc(CNC[C@H]2OCCc3ccccc32)c1. The van der Waals surface area contributed by atoms with E-state index in [1.54, 1.807) is 6.26 Å². The normalized spacial score (nSPS) is 18.6. The third-order valence-electron chi connectivity index (χ3n) is 3.30. The van der Waals surface area contributed by atoms with E-state index in [-0.39, 0.29) is 6.10 Å². The highest BCUT2D eigenvalue weighted by Gasteiger charge is 2.19. The van der Waals surface area contributed by atoms with Gasteiger partial charge in [-0.3, -0.25) is 0 Å². The molecule has 1 aromatic heterocycles. The molecule has 1 aromatic carbocycles. The smallest absolute Gasteiger partial charge is 0.117 e. The van der Waals surface area contributed by atoms with Gasteiger partial charge in [-0.15, -0.1) is 0 Å². The number of furan rings is 1. The highest BCUT2D eigenvalue weighted by atomic mass is 16.5. The number of ether oxygens (including phenoxy) is 1. The van der Waals surface area contributed by atoms with Crippen molar-refractivity contribution in [3.63, 3.8) is 0 Å². The number of hydrogen-bond acceptors (Lipinski definition) is 3. The molecule has 1 aliphatic heterocycles. The van der Waals surface area contributed by atoms with Gasteiger partial charge in [-0.1, -0.05) is 24.3 Å². The van der Waals surface area contributed by atoms with Crippen LogP contribution in [0, 0.1) is 0 Å². The Hall–Kier alpha value is -1.58. The minimum atomic E-state index is 0.157. The Kier molecular flexibility index (Phi) is 3.44. The minimum absolute atomic E-state index is 0.157. The highest BCUT2D eigenvalue weighted by molar-refractivity contribution is 5.31. The summed E-state index contributed by atoms with van der Waals surface area (Å²) in [4.78, 5) is 0. The number of fused-ring (bicyclic) bond motifs is 1. The second kappa shape index (κ2) is 5.38. The maximum absolute atomic E-state index is 5.83. The standard InChI is InChI=1S/C15H17NO2/c1-2-6-14-12(4-1)7-9-18-15(14)11-16-10-13-5-3-8-17-13/h1-6,8,15-16H,7,9-11H2/t15-/m1/s1. The predicted molar refractivity (Wildman–Crippen MR) is 69.3 cm³/mol. The fraction of sp³-hybridized carbons (Fsp3) is 0.333. The summed E-state index contributed by atoms with van der Waals surface area (Å²) in [5.74, 6) is 0.957. The van der Waals surface area contributed by atoms with Gasteiger partial charge in [0.15, 0.2) is 0 Å².